The van der Waals surface area contributed by atoms with Crippen molar-refractivity contribution in [1.29, 1.82) is 0 Å². The van der Waals surface area contributed by atoms with E-state index in [4.69, 9.17) is 4.74 Å². The van der Waals surface area contributed by atoms with Crippen LogP contribution in [-0.4, -0.2) is 23.9 Å². The molecule has 0 saturated carbocycles. The van der Waals surface area contributed by atoms with Crippen LogP contribution in [0.25, 0.3) is 10.9 Å². The number of benzene rings is 1. The molecule has 0 N–H and O–H groups in total. The summed E-state index contributed by atoms with van der Waals surface area (Å²) in [7, 11) is 0. The number of carbonyl (C=O) groups excluding carboxylic acids is 1. The van der Waals surface area contributed by atoms with Crippen molar-refractivity contribution in [2.24, 2.45) is 0 Å². The van der Waals surface area contributed by atoms with Gasteiger partial charge in [0.1, 0.15) is 5.75 Å². The highest BCUT2D eigenvalue weighted by Crippen LogP contribution is 2.26. The Hall–Kier alpha value is -2.31. The second-order valence-corrected chi connectivity index (χ2v) is 3.85. The van der Waals surface area contributed by atoms with E-state index in [9.17, 15) is 18.0 Å². The summed E-state index contributed by atoms with van der Waals surface area (Å²) in [5.74, 6) is -0.947. The van der Waals surface area contributed by atoms with Crippen molar-refractivity contribution in [2.75, 3.05) is 6.61 Å². The molecule has 20 heavy (non-hydrogen) atoms. The molecule has 0 saturated heterocycles. The van der Waals surface area contributed by atoms with Gasteiger partial charge in [-0.05, 0) is 31.2 Å². The van der Waals surface area contributed by atoms with E-state index in [1.54, 1.807) is 6.92 Å². The van der Waals surface area contributed by atoms with Gasteiger partial charge in [0, 0.05) is 11.6 Å². The first-order valence-electron chi connectivity index (χ1n) is 5.72. The van der Waals surface area contributed by atoms with E-state index in [2.05, 4.69) is 9.72 Å². The molecule has 106 valence electrons. The van der Waals surface area contributed by atoms with Gasteiger partial charge in [-0.15, -0.1) is 13.2 Å². The number of nitrogens with zero attached hydrogens (tertiary/aromatic N) is 1. The number of esters is 1. The molecular weight excluding hydrogens is 275 g/mol. The zero-order valence-corrected chi connectivity index (χ0v) is 10.4. The number of ether oxygens (including phenoxy) is 2. The van der Waals surface area contributed by atoms with Crippen LogP contribution in [-0.2, 0) is 4.74 Å². The van der Waals surface area contributed by atoms with Crippen LogP contribution in [0.1, 0.15) is 17.3 Å². The lowest BCUT2D eigenvalue weighted by Gasteiger charge is -2.09. The number of rotatable bonds is 3. The summed E-state index contributed by atoms with van der Waals surface area (Å²) >= 11 is 0. The number of alkyl halides is 3. The molecule has 1 heterocycles. The maximum Gasteiger partial charge on any atom is 0.573 e. The lowest BCUT2D eigenvalue weighted by atomic mass is 10.1. The van der Waals surface area contributed by atoms with Crippen LogP contribution in [0.3, 0.4) is 0 Å². The quantitative estimate of drug-likeness (QED) is 0.812. The van der Waals surface area contributed by atoms with E-state index in [0.717, 1.165) is 6.07 Å². The Morgan fingerprint density at radius 1 is 1.30 bits per heavy atom. The lowest BCUT2D eigenvalue weighted by Crippen LogP contribution is -2.17. The minimum atomic E-state index is -4.76. The van der Waals surface area contributed by atoms with Crippen molar-refractivity contribution < 1.29 is 27.4 Å². The SMILES string of the molecule is CCOC(=O)c1cnc2ccc(OC(F)(F)F)cc2c1. The van der Waals surface area contributed by atoms with Gasteiger partial charge < -0.3 is 9.47 Å². The van der Waals surface area contributed by atoms with Gasteiger partial charge in [-0.25, -0.2) is 4.79 Å². The Morgan fingerprint density at radius 3 is 2.70 bits per heavy atom. The van der Waals surface area contributed by atoms with Gasteiger partial charge in [0.15, 0.2) is 0 Å². The van der Waals surface area contributed by atoms with E-state index >= 15 is 0 Å². The van der Waals surface area contributed by atoms with Crippen LogP contribution in [0, 0.1) is 0 Å². The molecule has 0 aliphatic rings. The first-order chi connectivity index (χ1) is 9.39. The predicted octanol–water partition coefficient (Wildman–Crippen LogP) is 3.31. The molecule has 0 spiro atoms. The third-order valence-electron chi connectivity index (χ3n) is 2.40. The molecule has 0 fully saturated rings. The number of aromatic nitrogens is 1. The maximum atomic E-state index is 12.1. The predicted molar refractivity (Wildman–Crippen MR) is 64.4 cm³/mol. The molecule has 1 aromatic heterocycles. The van der Waals surface area contributed by atoms with Gasteiger partial charge >= 0.3 is 12.3 Å². The van der Waals surface area contributed by atoms with Crippen LogP contribution >= 0.6 is 0 Å². The summed E-state index contributed by atoms with van der Waals surface area (Å²) < 4.78 is 45.0. The van der Waals surface area contributed by atoms with Gasteiger partial charge in [0.2, 0.25) is 0 Å². The second-order valence-electron chi connectivity index (χ2n) is 3.85. The van der Waals surface area contributed by atoms with E-state index in [0.29, 0.717) is 10.9 Å². The molecule has 0 amide bonds. The highest BCUT2D eigenvalue weighted by Gasteiger charge is 2.31. The Balaban J connectivity index is 2.37. The van der Waals surface area contributed by atoms with Crippen molar-refractivity contribution in [3.05, 3.63) is 36.0 Å². The van der Waals surface area contributed by atoms with E-state index in [1.807, 2.05) is 0 Å². The van der Waals surface area contributed by atoms with E-state index in [1.165, 1.54) is 24.4 Å². The Bertz CT molecular complexity index is 640. The number of halogens is 3. The van der Waals surface area contributed by atoms with E-state index in [-0.39, 0.29) is 17.9 Å². The van der Waals surface area contributed by atoms with Crippen molar-refractivity contribution in [2.45, 2.75) is 13.3 Å². The lowest BCUT2D eigenvalue weighted by molar-refractivity contribution is -0.274. The van der Waals surface area contributed by atoms with Crippen LogP contribution < -0.4 is 4.74 Å². The minimum Gasteiger partial charge on any atom is -0.462 e. The average Bonchev–Trinajstić information content (AvgIpc) is 2.36. The molecule has 0 bridgehead atoms. The first kappa shape index (κ1) is 14.1. The Kier molecular flexibility index (Phi) is 3.78. The highest BCUT2D eigenvalue weighted by molar-refractivity contribution is 5.93. The third-order valence-corrected chi connectivity index (χ3v) is 2.40. The van der Waals surface area contributed by atoms with Crippen molar-refractivity contribution in [3.63, 3.8) is 0 Å². The Labute approximate surface area is 112 Å². The van der Waals surface area contributed by atoms with Crippen LogP contribution in [0.2, 0.25) is 0 Å². The number of hydrogen-bond donors (Lipinski definition) is 0. The van der Waals surface area contributed by atoms with Crippen LogP contribution in [0.15, 0.2) is 30.5 Å². The molecule has 0 atom stereocenters. The molecule has 0 unspecified atom stereocenters. The first-order valence-corrected chi connectivity index (χ1v) is 5.72. The zero-order chi connectivity index (χ0) is 14.8. The Morgan fingerprint density at radius 2 is 2.05 bits per heavy atom. The zero-order valence-electron chi connectivity index (χ0n) is 10.4. The fourth-order valence-corrected chi connectivity index (χ4v) is 1.63. The van der Waals surface area contributed by atoms with E-state index < -0.39 is 12.3 Å². The average molecular weight is 285 g/mol. The summed E-state index contributed by atoms with van der Waals surface area (Å²) in [6, 6.07) is 5.11. The smallest absolute Gasteiger partial charge is 0.462 e. The molecular formula is C13H10F3NO3. The van der Waals surface area contributed by atoms with Crippen molar-refractivity contribution >= 4 is 16.9 Å². The molecule has 4 nitrogen and oxygen atoms in total. The standard InChI is InChI=1S/C13H10F3NO3/c1-2-19-12(18)9-5-8-6-10(20-13(14,15)16)3-4-11(8)17-7-9/h3-7H,2H2,1H3. The second kappa shape index (κ2) is 5.36. The number of pyridine rings is 1. The number of fused-ring (bicyclic) bond motifs is 1. The van der Waals surface area contributed by atoms with Gasteiger partial charge in [0.05, 0.1) is 17.7 Å². The summed E-state index contributed by atoms with van der Waals surface area (Å²) in [6.07, 6.45) is -3.45. The summed E-state index contributed by atoms with van der Waals surface area (Å²) in [4.78, 5) is 15.5. The van der Waals surface area contributed by atoms with Crippen molar-refractivity contribution in [1.82, 2.24) is 4.98 Å². The molecule has 0 aliphatic heterocycles. The monoisotopic (exact) mass is 285 g/mol. The fourth-order valence-electron chi connectivity index (χ4n) is 1.63. The van der Waals surface area contributed by atoms with Crippen molar-refractivity contribution in [3.8, 4) is 5.75 Å². The maximum absolute atomic E-state index is 12.1. The van der Waals surface area contributed by atoms with Gasteiger partial charge in [0.25, 0.3) is 0 Å². The molecule has 1 aromatic carbocycles. The summed E-state index contributed by atoms with van der Waals surface area (Å²) in [5, 5.41) is 0.359. The van der Waals surface area contributed by atoms with Crippen LogP contribution in [0.4, 0.5) is 13.2 Å². The normalized spacial score (nSPS) is 11.4. The third kappa shape index (κ3) is 3.37. The largest absolute Gasteiger partial charge is 0.573 e. The number of carbonyl (C=O) groups is 1. The fraction of sp³-hybridized carbons (Fsp3) is 0.231. The topological polar surface area (TPSA) is 48.4 Å². The summed E-state index contributed by atoms with van der Waals surface area (Å²) in [6.45, 7) is 1.86. The number of hydrogen-bond acceptors (Lipinski definition) is 4. The van der Waals surface area contributed by atoms with Crippen LogP contribution in [0.5, 0.6) is 5.75 Å². The minimum absolute atomic E-state index is 0.170. The molecule has 7 heteroatoms. The summed E-state index contributed by atoms with van der Waals surface area (Å²) in [5.41, 5.74) is 0.621. The molecule has 0 aliphatic carbocycles. The van der Waals surface area contributed by atoms with Gasteiger partial charge in [-0.1, -0.05) is 0 Å². The molecule has 2 aromatic rings. The molecule has 2 rings (SSSR count). The van der Waals surface area contributed by atoms with Gasteiger partial charge in [-0.2, -0.15) is 0 Å². The highest BCUT2D eigenvalue weighted by atomic mass is 19.4. The van der Waals surface area contributed by atoms with Gasteiger partial charge in [-0.3, -0.25) is 4.98 Å². The molecule has 0 radical (unpaired) electrons.